The maximum absolute atomic E-state index is 12.4. The molecule has 28 heavy (non-hydrogen) atoms. The SMILES string of the molecule is O=C(O)c1ccc(CNC(=O)c2cccc(C#CCc3cccnc3)c2)cc1. The van der Waals surface area contributed by atoms with Gasteiger partial charge in [-0.2, -0.15) is 0 Å². The van der Waals surface area contributed by atoms with Gasteiger partial charge < -0.3 is 10.4 Å². The van der Waals surface area contributed by atoms with E-state index in [1.807, 2.05) is 18.2 Å². The Hall–Kier alpha value is -3.91. The maximum atomic E-state index is 12.4. The van der Waals surface area contributed by atoms with Gasteiger partial charge in [0.2, 0.25) is 0 Å². The second-order valence-corrected chi connectivity index (χ2v) is 6.11. The average Bonchev–Trinajstić information content (AvgIpc) is 2.73. The van der Waals surface area contributed by atoms with E-state index in [1.165, 1.54) is 12.1 Å². The normalized spacial score (nSPS) is 9.86. The monoisotopic (exact) mass is 370 g/mol. The Balaban J connectivity index is 1.60. The van der Waals surface area contributed by atoms with Crippen molar-refractivity contribution in [2.24, 2.45) is 0 Å². The van der Waals surface area contributed by atoms with Crippen LogP contribution in [0.15, 0.2) is 73.1 Å². The third kappa shape index (κ3) is 5.29. The summed E-state index contributed by atoms with van der Waals surface area (Å²) in [5.41, 5.74) is 3.37. The lowest BCUT2D eigenvalue weighted by Crippen LogP contribution is -2.22. The van der Waals surface area contributed by atoms with Gasteiger partial charge in [0.1, 0.15) is 0 Å². The third-order valence-electron chi connectivity index (χ3n) is 4.03. The molecule has 3 rings (SSSR count). The summed E-state index contributed by atoms with van der Waals surface area (Å²) in [5, 5.41) is 11.7. The summed E-state index contributed by atoms with van der Waals surface area (Å²) < 4.78 is 0. The Bertz CT molecular complexity index is 1030. The number of carboxylic acids is 1. The predicted molar refractivity (Wildman–Crippen MR) is 106 cm³/mol. The Labute approximate surface area is 163 Å². The number of aromatic carboxylic acids is 1. The third-order valence-corrected chi connectivity index (χ3v) is 4.03. The molecule has 0 atom stereocenters. The average molecular weight is 370 g/mol. The molecule has 0 aliphatic heterocycles. The Kier molecular flexibility index (Phi) is 6.17. The van der Waals surface area contributed by atoms with Crippen LogP contribution in [0.4, 0.5) is 0 Å². The molecule has 1 amide bonds. The van der Waals surface area contributed by atoms with Crippen LogP contribution in [0.1, 0.15) is 37.4 Å². The van der Waals surface area contributed by atoms with Crippen LogP contribution in [0.3, 0.4) is 0 Å². The van der Waals surface area contributed by atoms with E-state index in [1.54, 1.807) is 42.7 Å². The Morgan fingerprint density at radius 2 is 1.79 bits per heavy atom. The smallest absolute Gasteiger partial charge is 0.335 e. The number of nitrogens with one attached hydrogen (secondary N) is 1. The largest absolute Gasteiger partial charge is 0.478 e. The summed E-state index contributed by atoms with van der Waals surface area (Å²) in [5.74, 6) is 4.97. The van der Waals surface area contributed by atoms with Gasteiger partial charge in [-0.25, -0.2) is 4.79 Å². The van der Waals surface area contributed by atoms with E-state index >= 15 is 0 Å². The van der Waals surface area contributed by atoms with Crippen LogP contribution in [0.5, 0.6) is 0 Å². The van der Waals surface area contributed by atoms with Crippen molar-refractivity contribution in [1.29, 1.82) is 0 Å². The first-order valence-electron chi connectivity index (χ1n) is 8.70. The molecule has 0 spiro atoms. The molecule has 2 aromatic carbocycles. The maximum Gasteiger partial charge on any atom is 0.335 e. The van der Waals surface area contributed by atoms with Gasteiger partial charge in [0.15, 0.2) is 0 Å². The summed E-state index contributed by atoms with van der Waals surface area (Å²) >= 11 is 0. The lowest BCUT2D eigenvalue weighted by molar-refractivity contribution is 0.0696. The molecular formula is C23H18N2O3. The second kappa shape index (κ2) is 9.15. The summed E-state index contributed by atoms with van der Waals surface area (Å²) in [7, 11) is 0. The lowest BCUT2D eigenvalue weighted by Gasteiger charge is -2.06. The van der Waals surface area contributed by atoms with Crippen LogP contribution in [-0.2, 0) is 13.0 Å². The number of aromatic nitrogens is 1. The first-order chi connectivity index (χ1) is 13.6. The van der Waals surface area contributed by atoms with Crippen LogP contribution >= 0.6 is 0 Å². The molecule has 0 fully saturated rings. The molecule has 5 heteroatoms. The van der Waals surface area contributed by atoms with Crippen LogP contribution in [0.25, 0.3) is 0 Å². The highest BCUT2D eigenvalue weighted by atomic mass is 16.4. The van der Waals surface area contributed by atoms with Gasteiger partial charge in [-0.05, 0) is 47.5 Å². The van der Waals surface area contributed by atoms with E-state index in [0.29, 0.717) is 18.5 Å². The zero-order chi connectivity index (χ0) is 19.8. The highest BCUT2D eigenvalue weighted by Gasteiger charge is 2.06. The number of carbonyl (C=O) groups excluding carboxylic acids is 1. The fraction of sp³-hybridized carbons (Fsp3) is 0.0870. The van der Waals surface area contributed by atoms with Crippen molar-refractivity contribution in [2.45, 2.75) is 13.0 Å². The van der Waals surface area contributed by atoms with Gasteiger partial charge in [-0.15, -0.1) is 0 Å². The predicted octanol–water partition coefficient (Wildman–Crippen LogP) is 3.30. The minimum absolute atomic E-state index is 0.210. The Morgan fingerprint density at radius 3 is 2.50 bits per heavy atom. The molecule has 0 bridgehead atoms. The molecule has 5 nitrogen and oxygen atoms in total. The quantitative estimate of drug-likeness (QED) is 0.676. The molecule has 2 N–H and O–H groups in total. The second-order valence-electron chi connectivity index (χ2n) is 6.11. The number of carboxylic acid groups (broad SMARTS) is 1. The van der Waals surface area contributed by atoms with E-state index in [2.05, 4.69) is 22.1 Å². The van der Waals surface area contributed by atoms with Gasteiger partial charge in [0.25, 0.3) is 5.91 Å². The number of amides is 1. The molecule has 0 saturated carbocycles. The van der Waals surface area contributed by atoms with E-state index in [4.69, 9.17) is 5.11 Å². The van der Waals surface area contributed by atoms with E-state index < -0.39 is 5.97 Å². The molecule has 0 aliphatic rings. The van der Waals surface area contributed by atoms with Crippen molar-refractivity contribution in [3.05, 3.63) is 101 Å². The van der Waals surface area contributed by atoms with Crippen LogP contribution in [0, 0.1) is 11.8 Å². The van der Waals surface area contributed by atoms with Crippen molar-refractivity contribution in [2.75, 3.05) is 0 Å². The van der Waals surface area contributed by atoms with Gasteiger partial charge in [-0.1, -0.05) is 36.1 Å². The van der Waals surface area contributed by atoms with E-state index in [-0.39, 0.29) is 11.5 Å². The first-order valence-corrected chi connectivity index (χ1v) is 8.70. The molecule has 0 aliphatic carbocycles. The van der Waals surface area contributed by atoms with Crippen molar-refractivity contribution >= 4 is 11.9 Å². The minimum atomic E-state index is -0.975. The van der Waals surface area contributed by atoms with Gasteiger partial charge >= 0.3 is 5.97 Å². The summed E-state index contributed by atoms with van der Waals surface area (Å²) in [6, 6.07) is 17.4. The van der Waals surface area contributed by atoms with Crippen molar-refractivity contribution in [3.8, 4) is 11.8 Å². The van der Waals surface area contributed by atoms with Crippen LogP contribution in [-0.4, -0.2) is 22.0 Å². The minimum Gasteiger partial charge on any atom is -0.478 e. The van der Waals surface area contributed by atoms with E-state index in [0.717, 1.165) is 16.7 Å². The lowest BCUT2D eigenvalue weighted by atomic mass is 10.1. The Morgan fingerprint density at radius 1 is 0.964 bits per heavy atom. The zero-order valence-corrected chi connectivity index (χ0v) is 15.1. The number of nitrogens with zero attached hydrogens (tertiary/aromatic N) is 1. The standard InChI is InChI=1S/C23H18N2O3/c26-22(25-16-19-9-11-20(12-10-19)23(27)28)21-8-2-5-17(14-21)4-1-6-18-7-3-13-24-15-18/h2-3,5,7-15H,6,16H2,(H,25,26)(H,27,28). The van der Waals surface area contributed by atoms with Gasteiger partial charge in [0, 0.05) is 36.5 Å². The van der Waals surface area contributed by atoms with Crippen LogP contribution in [0.2, 0.25) is 0 Å². The molecule has 138 valence electrons. The van der Waals surface area contributed by atoms with Crippen molar-refractivity contribution in [3.63, 3.8) is 0 Å². The fourth-order valence-corrected chi connectivity index (χ4v) is 2.54. The molecule has 1 aromatic heterocycles. The summed E-state index contributed by atoms with van der Waals surface area (Å²) in [6.07, 6.45) is 4.09. The number of pyridine rings is 1. The zero-order valence-electron chi connectivity index (χ0n) is 15.1. The number of carbonyl (C=O) groups is 2. The molecule has 1 heterocycles. The summed E-state index contributed by atoms with van der Waals surface area (Å²) in [4.78, 5) is 27.3. The number of hydrogen-bond acceptors (Lipinski definition) is 3. The van der Waals surface area contributed by atoms with Crippen molar-refractivity contribution in [1.82, 2.24) is 10.3 Å². The highest BCUT2D eigenvalue weighted by Crippen LogP contribution is 2.07. The molecule has 3 aromatic rings. The molecule has 0 unspecified atom stereocenters. The van der Waals surface area contributed by atoms with Crippen LogP contribution < -0.4 is 5.32 Å². The topological polar surface area (TPSA) is 79.3 Å². The number of hydrogen-bond donors (Lipinski definition) is 2. The fourth-order valence-electron chi connectivity index (χ4n) is 2.54. The highest BCUT2D eigenvalue weighted by molar-refractivity contribution is 5.94. The van der Waals surface area contributed by atoms with Gasteiger partial charge in [0.05, 0.1) is 5.56 Å². The van der Waals surface area contributed by atoms with E-state index in [9.17, 15) is 9.59 Å². The molecule has 0 saturated heterocycles. The molecule has 0 radical (unpaired) electrons. The van der Waals surface area contributed by atoms with Gasteiger partial charge in [-0.3, -0.25) is 9.78 Å². The number of benzene rings is 2. The van der Waals surface area contributed by atoms with Crippen molar-refractivity contribution < 1.29 is 14.7 Å². The number of rotatable bonds is 5. The molecular weight excluding hydrogens is 352 g/mol. The summed E-state index contributed by atoms with van der Waals surface area (Å²) in [6.45, 7) is 0.315. The first kappa shape index (κ1) is 18.9.